The van der Waals surface area contributed by atoms with Gasteiger partial charge in [-0.15, -0.1) is 0 Å². The van der Waals surface area contributed by atoms with Crippen LogP contribution in [-0.2, 0) is 17.8 Å². The van der Waals surface area contributed by atoms with E-state index in [0.29, 0.717) is 5.69 Å². The zero-order valence-electron chi connectivity index (χ0n) is 13.7. The van der Waals surface area contributed by atoms with E-state index in [1.54, 1.807) is 0 Å². The second-order valence-corrected chi connectivity index (χ2v) is 5.68. The highest BCUT2D eigenvalue weighted by Crippen LogP contribution is 2.15. The van der Waals surface area contributed by atoms with E-state index in [9.17, 15) is 9.59 Å². The summed E-state index contributed by atoms with van der Waals surface area (Å²) in [6.45, 7) is 5.72. The van der Waals surface area contributed by atoms with Gasteiger partial charge in [-0.3, -0.25) is 14.2 Å². The number of benzene rings is 1. The molecule has 0 aliphatic rings. The van der Waals surface area contributed by atoms with Crippen molar-refractivity contribution < 1.29 is 4.79 Å². The number of amides is 1. The van der Waals surface area contributed by atoms with Crippen LogP contribution in [0.15, 0.2) is 35.1 Å². The fourth-order valence-electron chi connectivity index (χ4n) is 2.28. The average Bonchev–Trinajstić information content (AvgIpc) is 2.51. The van der Waals surface area contributed by atoms with Crippen molar-refractivity contribution in [2.45, 2.75) is 39.7 Å². The number of anilines is 2. The first-order chi connectivity index (χ1) is 10.9. The maximum absolute atomic E-state index is 12.2. The van der Waals surface area contributed by atoms with Crippen LogP contribution < -0.4 is 16.6 Å². The zero-order chi connectivity index (χ0) is 17.0. The highest BCUT2D eigenvalue weighted by Gasteiger charge is 2.12. The average molecular weight is 314 g/mol. The molecular formula is C17H22N4O2. The van der Waals surface area contributed by atoms with Gasteiger partial charge in [0.2, 0.25) is 11.9 Å². The van der Waals surface area contributed by atoms with E-state index in [2.05, 4.69) is 10.3 Å². The Morgan fingerprint density at radius 3 is 2.65 bits per heavy atom. The van der Waals surface area contributed by atoms with Crippen LogP contribution >= 0.6 is 0 Å². The molecule has 0 spiro atoms. The lowest BCUT2D eigenvalue weighted by Gasteiger charge is -2.13. The van der Waals surface area contributed by atoms with E-state index in [1.807, 2.05) is 45.0 Å². The number of carbonyl (C=O) groups is 1. The summed E-state index contributed by atoms with van der Waals surface area (Å²) in [5, 5.41) is 2.82. The van der Waals surface area contributed by atoms with Gasteiger partial charge in [0, 0.05) is 11.8 Å². The molecular weight excluding hydrogens is 292 g/mol. The van der Waals surface area contributed by atoms with Crippen LogP contribution in [0.2, 0.25) is 0 Å². The molecule has 0 fully saturated rings. The van der Waals surface area contributed by atoms with E-state index < -0.39 is 0 Å². The van der Waals surface area contributed by atoms with Crippen LogP contribution in [-0.4, -0.2) is 15.5 Å². The van der Waals surface area contributed by atoms with Crippen molar-refractivity contribution >= 4 is 17.5 Å². The third-order valence-corrected chi connectivity index (χ3v) is 3.62. The van der Waals surface area contributed by atoms with Gasteiger partial charge in [-0.2, -0.15) is 0 Å². The minimum absolute atomic E-state index is 0.0557. The first kappa shape index (κ1) is 16.7. The lowest BCUT2D eigenvalue weighted by atomic mass is 10.1. The second-order valence-electron chi connectivity index (χ2n) is 5.68. The molecule has 0 aliphatic heterocycles. The van der Waals surface area contributed by atoms with Gasteiger partial charge in [0.05, 0.1) is 5.69 Å². The molecule has 0 aliphatic carbocycles. The topological polar surface area (TPSA) is 90.0 Å². The van der Waals surface area contributed by atoms with Crippen molar-refractivity contribution in [3.05, 3.63) is 51.9 Å². The van der Waals surface area contributed by atoms with Crippen molar-refractivity contribution in [3.63, 3.8) is 0 Å². The van der Waals surface area contributed by atoms with E-state index >= 15 is 0 Å². The fraction of sp³-hybridized carbons (Fsp3) is 0.353. The normalized spacial score (nSPS) is 10.8. The third kappa shape index (κ3) is 3.97. The summed E-state index contributed by atoms with van der Waals surface area (Å²) in [5.74, 6) is -0.149. The number of nitrogen functional groups attached to an aromatic ring is 1. The van der Waals surface area contributed by atoms with Crippen molar-refractivity contribution in [2.75, 3.05) is 11.1 Å². The number of aryl methyl sites for hydroxylation is 1. The smallest absolute Gasteiger partial charge is 0.255 e. The Kier molecular flexibility index (Phi) is 5.16. The van der Waals surface area contributed by atoms with Gasteiger partial charge in [-0.25, -0.2) is 4.98 Å². The van der Waals surface area contributed by atoms with Gasteiger partial charge in [-0.1, -0.05) is 39.0 Å². The summed E-state index contributed by atoms with van der Waals surface area (Å²) < 4.78 is 1.18. The molecule has 0 atom stereocenters. The van der Waals surface area contributed by atoms with Gasteiger partial charge in [0.25, 0.3) is 5.56 Å². The predicted octanol–water partition coefficient (Wildman–Crippen LogP) is 2.15. The molecule has 3 N–H and O–H groups in total. The Bertz CT molecular complexity index is 765. The number of carbonyl (C=O) groups excluding carboxylic acids is 1. The predicted molar refractivity (Wildman–Crippen MR) is 91.4 cm³/mol. The Hall–Kier alpha value is -2.63. The molecule has 1 aromatic carbocycles. The first-order valence-electron chi connectivity index (χ1n) is 7.67. The van der Waals surface area contributed by atoms with Crippen molar-refractivity contribution in [3.8, 4) is 0 Å². The molecule has 0 radical (unpaired) electrons. The van der Waals surface area contributed by atoms with E-state index in [1.165, 1.54) is 10.6 Å². The van der Waals surface area contributed by atoms with Crippen molar-refractivity contribution in [1.82, 2.24) is 9.55 Å². The van der Waals surface area contributed by atoms with E-state index in [-0.39, 0.29) is 29.9 Å². The molecule has 2 aromatic rings. The van der Waals surface area contributed by atoms with E-state index in [4.69, 9.17) is 5.73 Å². The highest BCUT2D eigenvalue weighted by molar-refractivity contribution is 5.91. The maximum Gasteiger partial charge on any atom is 0.255 e. The largest absolute Gasteiger partial charge is 0.369 e. The number of nitrogens with two attached hydrogens (primary N) is 1. The first-order valence-corrected chi connectivity index (χ1v) is 7.67. The Balaban J connectivity index is 2.19. The molecule has 0 bridgehead atoms. The molecule has 0 saturated heterocycles. The van der Waals surface area contributed by atoms with E-state index in [0.717, 1.165) is 17.7 Å². The molecule has 2 rings (SSSR count). The second kappa shape index (κ2) is 7.09. The molecule has 0 unspecified atom stereocenters. The molecule has 1 aromatic heterocycles. The number of aromatic nitrogens is 2. The molecule has 6 nitrogen and oxygen atoms in total. The SMILES string of the molecule is CCc1ccccc1NC(=O)Cn1c(N)nc(C(C)C)cc1=O. The van der Waals surface area contributed by atoms with Gasteiger partial charge in [-0.05, 0) is 24.0 Å². The number of para-hydroxylation sites is 1. The molecule has 122 valence electrons. The van der Waals surface area contributed by atoms with Crippen LogP contribution in [0, 0.1) is 0 Å². The number of hydrogen-bond acceptors (Lipinski definition) is 4. The van der Waals surface area contributed by atoms with Gasteiger partial charge < -0.3 is 11.1 Å². The Morgan fingerprint density at radius 1 is 1.35 bits per heavy atom. The summed E-state index contributed by atoms with van der Waals surface area (Å²) in [4.78, 5) is 28.5. The van der Waals surface area contributed by atoms with Crippen LogP contribution in [0.4, 0.5) is 11.6 Å². The van der Waals surface area contributed by atoms with Crippen molar-refractivity contribution in [1.29, 1.82) is 0 Å². The number of hydrogen-bond donors (Lipinski definition) is 2. The molecule has 0 saturated carbocycles. The summed E-state index contributed by atoms with van der Waals surface area (Å²) in [6.07, 6.45) is 0.809. The maximum atomic E-state index is 12.2. The molecule has 1 heterocycles. The number of nitrogens with zero attached hydrogens (tertiary/aromatic N) is 2. The molecule has 1 amide bonds. The Labute approximate surface area is 135 Å². The Morgan fingerprint density at radius 2 is 2.04 bits per heavy atom. The van der Waals surface area contributed by atoms with Crippen molar-refractivity contribution in [2.24, 2.45) is 0 Å². The summed E-state index contributed by atoms with van der Waals surface area (Å²) in [7, 11) is 0. The standard InChI is InChI=1S/C17H22N4O2/c1-4-12-7-5-6-8-13(12)19-15(22)10-21-16(23)9-14(11(2)3)20-17(21)18/h5-9,11H,4,10H2,1-3H3,(H2,18,20)(H,19,22). The quantitative estimate of drug-likeness (QED) is 0.885. The minimum Gasteiger partial charge on any atom is -0.369 e. The summed E-state index contributed by atoms with van der Waals surface area (Å²) >= 11 is 0. The molecule has 6 heteroatoms. The van der Waals surface area contributed by atoms with Gasteiger partial charge >= 0.3 is 0 Å². The van der Waals surface area contributed by atoms with Crippen LogP contribution in [0.3, 0.4) is 0 Å². The number of rotatable bonds is 5. The van der Waals surface area contributed by atoms with Gasteiger partial charge in [0.15, 0.2) is 0 Å². The van der Waals surface area contributed by atoms with Gasteiger partial charge in [0.1, 0.15) is 6.54 Å². The lowest BCUT2D eigenvalue weighted by Crippen LogP contribution is -2.30. The monoisotopic (exact) mass is 314 g/mol. The van der Waals surface area contributed by atoms with Crippen LogP contribution in [0.25, 0.3) is 0 Å². The lowest BCUT2D eigenvalue weighted by molar-refractivity contribution is -0.116. The van der Waals surface area contributed by atoms with Crippen LogP contribution in [0.5, 0.6) is 0 Å². The summed E-state index contributed by atoms with van der Waals surface area (Å²) in [6, 6.07) is 8.99. The fourth-order valence-corrected chi connectivity index (χ4v) is 2.28. The van der Waals surface area contributed by atoms with Crippen LogP contribution in [0.1, 0.15) is 37.9 Å². The number of nitrogens with one attached hydrogen (secondary N) is 1. The third-order valence-electron chi connectivity index (χ3n) is 3.62. The summed E-state index contributed by atoms with van der Waals surface area (Å²) in [5.41, 5.74) is 7.92. The zero-order valence-corrected chi connectivity index (χ0v) is 13.7. The molecule has 23 heavy (non-hydrogen) atoms. The highest BCUT2D eigenvalue weighted by atomic mass is 16.2. The minimum atomic E-state index is -0.319.